The Morgan fingerprint density at radius 3 is 2.80 bits per heavy atom. The van der Waals surface area contributed by atoms with Gasteiger partial charge >= 0.3 is 0 Å². The van der Waals surface area contributed by atoms with Gasteiger partial charge in [0.25, 0.3) is 5.69 Å². The fourth-order valence-corrected chi connectivity index (χ4v) is 1.83. The van der Waals surface area contributed by atoms with Crippen molar-refractivity contribution < 1.29 is 4.92 Å². The van der Waals surface area contributed by atoms with E-state index in [4.69, 9.17) is 11.6 Å². The van der Waals surface area contributed by atoms with Gasteiger partial charge in [0, 0.05) is 22.2 Å². The summed E-state index contributed by atoms with van der Waals surface area (Å²) < 4.78 is 0. The molecule has 0 aromatic heterocycles. The lowest BCUT2D eigenvalue weighted by Gasteiger charge is -2.01. The van der Waals surface area contributed by atoms with Crippen LogP contribution in [-0.2, 0) is 0 Å². The summed E-state index contributed by atoms with van der Waals surface area (Å²) in [6, 6.07) is 12.1. The van der Waals surface area contributed by atoms with E-state index >= 15 is 0 Å². The highest BCUT2D eigenvalue weighted by atomic mass is 35.5. The van der Waals surface area contributed by atoms with Gasteiger partial charge in [-0.2, -0.15) is 5.10 Å². The van der Waals surface area contributed by atoms with Crippen LogP contribution in [0.5, 0.6) is 0 Å². The van der Waals surface area contributed by atoms with E-state index in [1.807, 2.05) is 6.07 Å². The summed E-state index contributed by atoms with van der Waals surface area (Å²) in [6.07, 6.45) is 1.52. The Labute approximate surface area is 121 Å². The topological polar surface area (TPSA) is 67.5 Å². The first kappa shape index (κ1) is 14.0. The smallest absolute Gasteiger partial charge is 0.272 e. The average molecular weight is 290 g/mol. The number of nitro benzene ring substituents is 1. The summed E-state index contributed by atoms with van der Waals surface area (Å²) >= 11 is 5.85. The molecule has 0 aliphatic carbocycles. The normalized spacial score (nSPS) is 10.7. The standard InChI is InChI=1S/C14H12ClN3O2/c1-10-5-6-11(7-14(10)18(19)20)9-16-17-13-4-2-3-12(15)8-13/h2-9,17H,1H3. The molecule has 0 bridgehead atoms. The van der Waals surface area contributed by atoms with Gasteiger partial charge in [0.05, 0.1) is 16.8 Å². The largest absolute Gasteiger partial charge is 0.278 e. The van der Waals surface area contributed by atoms with Gasteiger partial charge < -0.3 is 0 Å². The van der Waals surface area contributed by atoms with E-state index in [1.165, 1.54) is 12.3 Å². The lowest BCUT2D eigenvalue weighted by molar-refractivity contribution is -0.385. The van der Waals surface area contributed by atoms with Gasteiger partial charge in [0.2, 0.25) is 0 Å². The summed E-state index contributed by atoms with van der Waals surface area (Å²) in [5.74, 6) is 0. The number of hydrogen-bond donors (Lipinski definition) is 1. The number of rotatable bonds is 4. The molecule has 1 N–H and O–H groups in total. The Morgan fingerprint density at radius 2 is 2.10 bits per heavy atom. The number of hydrazone groups is 1. The van der Waals surface area contributed by atoms with Crippen LogP contribution in [0.15, 0.2) is 47.6 Å². The molecule has 0 atom stereocenters. The van der Waals surface area contributed by atoms with E-state index in [1.54, 1.807) is 37.3 Å². The van der Waals surface area contributed by atoms with Gasteiger partial charge in [-0.15, -0.1) is 0 Å². The Kier molecular flexibility index (Phi) is 4.32. The zero-order chi connectivity index (χ0) is 14.5. The fraction of sp³-hybridized carbons (Fsp3) is 0.0714. The molecule has 6 heteroatoms. The summed E-state index contributed by atoms with van der Waals surface area (Å²) in [6.45, 7) is 1.70. The van der Waals surface area contributed by atoms with Crippen molar-refractivity contribution >= 4 is 29.2 Å². The van der Waals surface area contributed by atoms with Gasteiger partial charge in [0.1, 0.15) is 0 Å². The zero-order valence-corrected chi connectivity index (χ0v) is 11.5. The summed E-state index contributed by atoms with van der Waals surface area (Å²) in [4.78, 5) is 10.4. The van der Waals surface area contributed by atoms with E-state index in [-0.39, 0.29) is 5.69 Å². The molecule has 102 valence electrons. The number of aryl methyl sites for hydroxylation is 1. The number of nitrogens with one attached hydrogen (secondary N) is 1. The molecular weight excluding hydrogens is 278 g/mol. The predicted octanol–water partition coefficient (Wildman–Crippen LogP) is 4.00. The molecule has 0 saturated heterocycles. The Bertz CT molecular complexity index is 671. The molecule has 20 heavy (non-hydrogen) atoms. The number of anilines is 1. The van der Waals surface area contributed by atoms with E-state index in [0.29, 0.717) is 16.1 Å². The van der Waals surface area contributed by atoms with Crippen LogP contribution in [-0.4, -0.2) is 11.1 Å². The molecule has 2 rings (SSSR count). The number of nitro groups is 1. The first-order valence-electron chi connectivity index (χ1n) is 5.86. The maximum Gasteiger partial charge on any atom is 0.272 e. The van der Waals surface area contributed by atoms with Crippen molar-refractivity contribution in [2.24, 2.45) is 5.10 Å². The summed E-state index contributed by atoms with van der Waals surface area (Å²) in [5, 5.41) is 15.5. The maximum atomic E-state index is 10.8. The fourth-order valence-electron chi connectivity index (χ4n) is 1.64. The van der Waals surface area contributed by atoms with Crippen LogP contribution >= 0.6 is 11.6 Å². The molecule has 0 heterocycles. The minimum Gasteiger partial charge on any atom is -0.278 e. The third kappa shape index (κ3) is 3.55. The van der Waals surface area contributed by atoms with Crippen molar-refractivity contribution in [1.82, 2.24) is 0 Å². The Balaban J connectivity index is 2.12. The van der Waals surface area contributed by atoms with Crippen molar-refractivity contribution in [3.05, 3.63) is 68.7 Å². The van der Waals surface area contributed by atoms with Crippen molar-refractivity contribution in [2.45, 2.75) is 6.92 Å². The van der Waals surface area contributed by atoms with Gasteiger partial charge in [-0.05, 0) is 25.1 Å². The van der Waals surface area contributed by atoms with Gasteiger partial charge in [-0.1, -0.05) is 29.8 Å². The van der Waals surface area contributed by atoms with Crippen molar-refractivity contribution in [3.8, 4) is 0 Å². The lowest BCUT2D eigenvalue weighted by atomic mass is 10.1. The van der Waals surface area contributed by atoms with Gasteiger partial charge in [-0.25, -0.2) is 0 Å². The van der Waals surface area contributed by atoms with Crippen LogP contribution in [0.4, 0.5) is 11.4 Å². The summed E-state index contributed by atoms with van der Waals surface area (Å²) in [7, 11) is 0. The highest BCUT2D eigenvalue weighted by Gasteiger charge is 2.09. The first-order valence-corrected chi connectivity index (χ1v) is 6.24. The van der Waals surface area contributed by atoms with Crippen molar-refractivity contribution in [1.29, 1.82) is 0 Å². The minimum absolute atomic E-state index is 0.0803. The average Bonchev–Trinajstić information content (AvgIpc) is 2.40. The first-order chi connectivity index (χ1) is 9.56. The predicted molar refractivity (Wildman–Crippen MR) is 80.5 cm³/mol. The van der Waals surface area contributed by atoms with E-state index in [0.717, 1.165) is 5.69 Å². The minimum atomic E-state index is -0.406. The molecule has 0 spiro atoms. The molecular formula is C14H12ClN3O2. The van der Waals surface area contributed by atoms with Crippen LogP contribution in [0.25, 0.3) is 0 Å². The molecule has 2 aromatic rings. The van der Waals surface area contributed by atoms with Crippen LogP contribution in [0.1, 0.15) is 11.1 Å². The van der Waals surface area contributed by atoms with Crippen LogP contribution in [0.2, 0.25) is 5.02 Å². The Morgan fingerprint density at radius 1 is 1.30 bits per heavy atom. The van der Waals surface area contributed by atoms with E-state index in [9.17, 15) is 10.1 Å². The molecule has 0 fully saturated rings. The number of halogens is 1. The highest BCUT2D eigenvalue weighted by molar-refractivity contribution is 6.30. The third-order valence-corrected chi connectivity index (χ3v) is 2.90. The molecule has 0 amide bonds. The molecule has 0 aliphatic rings. The van der Waals surface area contributed by atoms with E-state index < -0.39 is 4.92 Å². The number of hydrogen-bond acceptors (Lipinski definition) is 4. The second-order valence-corrected chi connectivity index (χ2v) is 4.62. The van der Waals surface area contributed by atoms with Crippen molar-refractivity contribution in [2.75, 3.05) is 5.43 Å². The molecule has 5 nitrogen and oxygen atoms in total. The molecule has 0 aliphatic heterocycles. The SMILES string of the molecule is Cc1ccc(C=NNc2cccc(Cl)c2)cc1[N+](=O)[O-]. The van der Waals surface area contributed by atoms with Crippen LogP contribution < -0.4 is 5.43 Å². The highest BCUT2D eigenvalue weighted by Crippen LogP contribution is 2.18. The van der Waals surface area contributed by atoms with Crippen molar-refractivity contribution in [3.63, 3.8) is 0 Å². The number of nitrogens with zero attached hydrogens (tertiary/aromatic N) is 2. The summed E-state index contributed by atoms with van der Waals surface area (Å²) in [5.41, 5.74) is 4.91. The van der Waals surface area contributed by atoms with Gasteiger partial charge in [-0.3, -0.25) is 15.5 Å². The second kappa shape index (κ2) is 6.16. The molecule has 0 radical (unpaired) electrons. The monoisotopic (exact) mass is 289 g/mol. The second-order valence-electron chi connectivity index (χ2n) is 4.18. The van der Waals surface area contributed by atoms with Crippen LogP contribution in [0, 0.1) is 17.0 Å². The molecule has 2 aromatic carbocycles. The quantitative estimate of drug-likeness (QED) is 0.525. The zero-order valence-electron chi connectivity index (χ0n) is 10.7. The molecule has 0 saturated carbocycles. The van der Waals surface area contributed by atoms with E-state index in [2.05, 4.69) is 10.5 Å². The number of benzene rings is 2. The maximum absolute atomic E-state index is 10.8. The van der Waals surface area contributed by atoms with Gasteiger partial charge in [0.15, 0.2) is 0 Å². The third-order valence-electron chi connectivity index (χ3n) is 2.66. The Hall–Kier alpha value is -2.40. The molecule has 0 unspecified atom stereocenters. The lowest BCUT2D eigenvalue weighted by Crippen LogP contribution is -1.95. The van der Waals surface area contributed by atoms with Crippen LogP contribution in [0.3, 0.4) is 0 Å².